The number of rotatable bonds is 15. The number of hydrogen-bond acceptors (Lipinski definition) is 6. The smallest absolute Gasteiger partial charge is 0.335 e. The Morgan fingerprint density at radius 2 is 1.55 bits per heavy atom. The lowest BCUT2D eigenvalue weighted by Crippen LogP contribution is -2.33. The van der Waals surface area contributed by atoms with Crippen molar-refractivity contribution < 1.29 is 38.1 Å². The second-order valence-electron chi connectivity index (χ2n) is 12.5. The summed E-state index contributed by atoms with van der Waals surface area (Å²) < 4.78 is 40.6. The van der Waals surface area contributed by atoms with Crippen molar-refractivity contribution in [2.75, 3.05) is 26.4 Å². The summed E-state index contributed by atoms with van der Waals surface area (Å²) in [6.07, 6.45) is 11.1. The predicted octanol–water partition coefficient (Wildman–Crippen LogP) is 6.66. The van der Waals surface area contributed by atoms with Crippen molar-refractivity contribution >= 4 is 11.9 Å². The zero-order valence-electron chi connectivity index (χ0n) is 25.4. The fraction of sp³-hybridized carbons (Fsp3) is 0.706. The number of carbonyl (C=O) groups excluding carboxylic acids is 2. The van der Waals surface area contributed by atoms with Crippen LogP contribution in [0.1, 0.15) is 102 Å². The number of hydrogen-bond donors (Lipinski definition) is 2. The highest BCUT2D eigenvalue weighted by Gasteiger charge is 2.35. The molecule has 236 valence electrons. The van der Waals surface area contributed by atoms with Crippen molar-refractivity contribution in [3.05, 3.63) is 47.0 Å². The lowest BCUT2D eigenvalue weighted by molar-refractivity contribution is -0.153. The van der Waals surface area contributed by atoms with Crippen molar-refractivity contribution in [3.63, 3.8) is 0 Å². The molecule has 2 unspecified atom stereocenters. The molecule has 42 heavy (non-hydrogen) atoms. The fourth-order valence-corrected chi connectivity index (χ4v) is 6.74. The molecule has 0 heterocycles. The van der Waals surface area contributed by atoms with E-state index >= 15 is 4.39 Å². The third-order valence-corrected chi connectivity index (χ3v) is 9.63. The van der Waals surface area contributed by atoms with Crippen molar-refractivity contribution in [2.45, 2.75) is 96.8 Å². The van der Waals surface area contributed by atoms with Gasteiger partial charge in [0.1, 0.15) is 0 Å². The Morgan fingerprint density at radius 1 is 0.929 bits per heavy atom. The molecule has 0 amide bonds. The summed E-state index contributed by atoms with van der Waals surface area (Å²) >= 11 is 0. The molecule has 0 saturated heterocycles. The highest BCUT2D eigenvalue weighted by molar-refractivity contribution is 5.87. The van der Waals surface area contributed by atoms with Crippen molar-refractivity contribution in [3.8, 4) is 0 Å². The molecule has 2 saturated carbocycles. The van der Waals surface area contributed by atoms with Crippen LogP contribution in [0.4, 0.5) is 8.78 Å². The van der Waals surface area contributed by atoms with Crippen LogP contribution in [0.3, 0.4) is 0 Å². The van der Waals surface area contributed by atoms with Gasteiger partial charge in [0, 0.05) is 5.92 Å². The third kappa shape index (κ3) is 9.34. The third-order valence-electron chi connectivity index (χ3n) is 9.63. The van der Waals surface area contributed by atoms with E-state index in [2.05, 4.69) is 13.5 Å². The molecule has 0 spiro atoms. The number of benzene rings is 1. The average molecular weight is 593 g/mol. The molecule has 0 aliphatic heterocycles. The first-order valence-corrected chi connectivity index (χ1v) is 15.9. The molecule has 2 fully saturated rings. The van der Waals surface area contributed by atoms with E-state index in [1.54, 1.807) is 13.0 Å². The summed E-state index contributed by atoms with van der Waals surface area (Å²) in [5, 5.41) is 18.4. The van der Waals surface area contributed by atoms with Gasteiger partial charge in [0.2, 0.25) is 0 Å². The van der Waals surface area contributed by atoms with E-state index in [1.807, 2.05) is 6.07 Å². The topological polar surface area (TPSA) is 93.1 Å². The van der Waals surface area contributed by atoms with Gasteiger partial charge in [-0.1, -0.05) is 38.5 Å². The highest BCUT2D eigenvalue weighted by Crippen LogP contribution is 2.45. The summed E-state index contributed by atoms with van der Waals surface area (Å²) in [4.78, 5) is 24.3. The number of esters is 2. The van der Waals surface area contributed by atoms with Crippen molar-refractivity contribution in [1.82, 2.24) is 0 Å². The lowest BCUT2D eigenvalue weighted by Gasteiger charge is -2.39. The molecule has 8 heteroatoms. The molecule has 1 aromatic rings. The van der Waals surface area contributed by atoms with E-state index in [0.29, 0.717) is 29.4 Å². The van der Waals surface area contributed by atoms with Crippen LogP contribution in [0.25, 0.3) is 0 Å². The van der Waals surface area contributed by atoms with Crippen LogP contribution in [0.5, 0.6) is 0 Å². The van der Waals surface area contributed by atoms with Crippen molar-refractivity contribution in [1.29, 1.82) is 0 Å². The summed E-state index contributed by atoms with van der Waals surface area (Å²) in [6, 6.07) is 3.60. The summed E-state index contributed by atoms with van der Waals surface area (Å²) in [6.45, 7) is 6.59. The van der Waals surface area contributed by atoms with Crippen LogP contribution in [-0.4, -0.2) is 48.6 Å². The van der Waals surface area contributed by atoms with E-state index in [-0.39, 0.29) is 43.1 Å². The number of aryl methyl sites for hydroxylation is 1. The highest BCUT2D eigenvalue weighted by atomic mass is 19.2. The maximum absolute atomic E-state index is 15.0. The Morgan fingerprint density at radius 3 is 2.14 bits per heavy atom. The Labute approximate surface area is 249 Å². The molecule has 2 aliphatic carbocycles. The quantitative estimate of drug-likeness (QED) is 0.134. The molecule has 0 radical (unpaired) electrons. The van der Waals surface area contributed by atoms with Crippen LogP contribution < -0.4 is 0 Å². The molecule has 3 rings (SSSR count). The minimum atomic E-state index is -0.665. The first-order chi connectivity index (χ1) is 20.2. The molecule has 2 atom stereocenters. The number of aliphatic hydroxyl groups is 2. The van der Waals surface area contributed by atoms with Gasteiger partial charge >= 0.3 is 11.9 Å². The molecule has 0 aromatic heterocycles. The molecule has 0 bridgehead atoms. The monoisotopic (exact) mass is 592 g/mol. The van der Waals surface area contributed by atoms with E-state index in [1.165, 1.54) is 0 Å². The number of halogens is 2. The van der Waals surface area contributed by atoms with Crippen LogP contribution >= 0.6 is 0 Å². The minimum Gasteiger partial charge on any atom is -0.465 e. The zero-order chi connectivity index (χ0) is 30.6. The van der Waals surface area contributed by atoms with Gasteiger partial charge in [-0.15, -0.1) is 0 Å². The largest absolute Gasteiger partial charge is 0.465 e. The van der Waals surface area contributed by atoms with E-state index in [4.69, 9.17) is 14.6 Å². The van der Waals surface area contributed by atoms with Crippen LogP contribution in [0.15, 0.2) is 24.3 Å². The molecule has 1 aromatic carbocycles. The summed E-state index contributed by atoms with van der Waals surface area (Å²) in [5.41, 5.74) is 0.990. The van der Waals surface area contributed by atoms with Crippen LogP contribution in [0, 0.1) is 41.2 Å². The van der Waals surface area contributed by atoms with Gasteiger partial charge in [-0.2, -0.15) is 0 Å². The standard InChI is InChI=1S/C34H50F2O6/c1-4-5-6-7-28-16-17-30(32(36)31(28)35)27-14-12-25(13-15-27)24-8-10-26(11-9-24)29(20-41-33(39)22(2)18-37)21-42-34(40)23(3)19-38/h16-17,23-27,29,37-38H,2,4-15,18-21H2,1,3H3. The molecular weight excluding hydrogens is 542 g/mol. The number of aliphatic hydroxyl groups excluding tert-OH is 2. The molecular formula is C34H50F2O6. The maximum Gasteiger partial charge on any atom is 0.335 e. The van der Waals surface area contributed by atoms with Gasteiger partial charge in [0.25, 0.3) is 0 Å². The van der Waals surface area contributed by atoms with Gasteiger partial charge < -0.3 is 19.7 Å². The number of carbonyl (C=O) groups is 2. The number of ether oxygens (including phenoxy) is 2. The average Bonchev–Trinajstić information content (AvgIpc) is 3.02. The SMILES string of the molecule is C=C(CO)C(=O)OCC(COC(=O)C(C)CO)C1CCC(C2CCC(c3ccc(CCCCC)c(F)c3F)CC2)CC1. The van der Waals surface area contributed by atoms with E-state index in [0.717, 1.165) is 70.6 Å². The van der Waals surface area contributed by atoms with Gasteiger partial charge in [0.05, 0.1) is 37.9 Å². The first-order valence-electron chi connectivity index (χ1n) is 15.9. The predicted molar refractivity (Wildman–Crippen MR) is 158 cm³/mol. The Hall–Kier alpha value is -2.32. The number of unbranched alkanes of at least 4 members (excludes halogenated alkanes) is 2. The summed E-state index contributed by atoms with van der Waals surface area (Å²) in [7, 11) is 0. The lowest BCUT2D eigenvalue weighted by atomic mass is 9.67. The fourth-order valence-electron chi connectivity index (χ4n) is 6.74. The van der Waals surface area contributed by atoms with E-state index < -0.39 is 36.1 Å². The van der Waals surface area contributed by atoms with Gasteiger partial charge in [-0.3, -0.25) is 4.79 Å². The Kier molecular flexibility index (Phi) is 13.9. The molecule has 2 N–H and O–H groups in total. The van der Waals surface area contributed by atoms with E-state index in [9.17, 15) is 19.1 Å². The summed E-state index contributed by atoms with van der Waals surface area (Å²) in [5.74, 6) is -1.91. The normalized spacial score (nSPS) is 24.0. The zero-order valence-corrected chi connectivity index (χ0v) is 25.4. The molecule has 6 nitrogen and oxygen atoms in total. The molecule has 2 aliphatic rings. The van der Waals surface area contributed by atoms with Gasteiger partial charge in [0.15, 0.2) is 11.6 Å². The van der Waals surface area contributed by atoms with Crippen LogP contribution in [-0.2, 0) is 25.5 Å². The van der Waals surface area contributed by atoms with Crippen LogP contribution in [0.2, 0.25) is 0 Å². The van der Waals surface area contributed by atoms with Gasteiger partial charge in [-0.05, 0) is 106 Å². The second-order valence-corrected chi connectivity index (χ2v) is 12.5. The Balaban J connectivity index is 1.53. The first kappa shape index (κ1) is 34.2. The Bertz CT molecular complexity index is 1030. The van der Waals surface area contributed by atoms with Gasteiger partial charge in [-0.25, -0.2) is 13.6 Å². The maximum atomic E-state index is 15.0. The van der Waals surface area contributed by atoms with Crippen molar-refractivity contribution in [2.24, 2.45) is 29.6 Å². The second kappa shape index (κ2) is 17.1. The minimum absolute atomic E-state index is 0.0236.